The van der Waals surface area contributed by atoms with Gasteiger partial charge in [-0.2, -0.15) is 0 Å². The first-order chi connectivity index (χ1) is 8.78. The van der Waals surface area contributed by atoms with Crippen LogP contribution in [0.25, 0.3) is 0 Å². The van der Waals surface area contributed by atoms with Gasteiger partial charge < -0.3 is 20.6 Å². The summed E-state index contributed by atoms with van der Waals surface area (Å²) in [5.41, 5.74) is 9.72. The molecule has 0 aliphatic carbocycles. The van der Waals surface area contributed by atoms with Crippen LogP contribution in [0.15, 0.2) is 0 Å². The number of carbonyl (C=O) groups excluding carboxylic acids is 2. The van der Waals surface area contributed by atoms with Crippen LogP contribution in [0.1, 0.15) is 13.8 Å². The molecule has 2 unspecified atom stereocenters. The molecular weight excluding hydrogens is 341 g/mol. The summed E-state index contributed by atoms with van der Waals surface area (Å²) in [7, 11) is -9.08. The van der Waals surface area contributed by atoms with Crippen molar-refractivity contribution in [3.63, 3.8) is 0 Å². The van der Waals surface area contributed by atoms with Crippen molar-refractivity contribution in [2.75, 3.05) is 13.1 Å². The molecule has 10 nitrogen and oxygen atoms in total. The van der Waals surface area contributed by atoms with Crippen LogP contribution in [0.2, 0.25) is 0 Å². The molecule has 0 aromatic carbocycles. The Balaban J connectivity index is -0.000000295. The third kappa shape index (κ3) is 11.1. The van der Waals surface area contributed by atoms with Crippen molar-refractivity contribution in [3.05, 3.63) is 0 Å². The number of carbonyl (C=O) groups is 2. The molecule has 0 aromatic heterocycles. The number of ketones is 2. The molecule has 120 valence electrons. The molecule has 2 atom stereocenters. The van der Waals surface area contributed by atoms with Crippen molar-refractivity contribution < 1.29 is 35.5 Å². The zero-order valence-corrected chi connectivity index (χ0v) is 14.6. The second kappa shape index (κ2) is 10.6. The SMILES string of the molecule is CC(=O)C(CN)S(=O)(=O)[O-].CC(=O)C(CN)S(=O)(=O)[O-].[Mg+2]. The van der Waals surface area contributed by atoms with Crippen molar-refractivity contribution in [1.29, 1.82) is 0 Å². The Kier molecular flexibility index (Phi) is 13.0. The minimum atomic E-state index is -4.54. The summed E-state index contributed by atoms with van der Waals surface area (Å²) in [6, 6.07) is 0. The van der Waals surface area contributed by atoms with E-state index in [1.807, 2.05) is 0 Å². The van der Waals surface area contributed by atoms with Crippen LogP contribution in [0.3, 0.4) is 0 Å². The molecule has 0 fully saturated rings. The van der Waals surface area contributed by atoms with Gasteiger partial charge in [-0.25, -0.2) is 16.8 Å². The minimum Gasteiger partial charge on any atom is -0.747 e. The van der Waals surface area contributed by atoms with E-state index in [1.165, 1.54) is 0 Å². The molecule has 0 saturated carbocycles. The third-order valence-corrected chi connectivity index (χ3v) is 4.47. The molecule has 0 aromatic rings. The Morgan fingerprint density at radius 3 is 1.05 bits per heavy atom. The van der Waals surface area contributed by atoms with E-state index in [0.717, 1.165) is 13.8 Å². The maximum atomic E-state index is 10.4. The number of rotatable bonds is 6. The van der Waals surface area contributed by atoms with E-state index in [2.05, 4.69) is 0 Å². The van der Waals surface area contributed by atoms with Gasteiger partial charge >= 0.3 is 23.1 Å². The van der Waals surface area contributed by atoms with E-state index in [9.17, 15) is 35.5 Å². The maximum absolute atomic E-state index is 10.4. The van der Waals surface area contributed by atoms with E-state index < -0.39 is 55.4 Å². The van der Waals surface area contributed by atoms with E-state index in [1.54, 1.807) is 0 Å². The fourth-order valence-electron chi connectivity index (χ4n) is 0.974. The van der Waals surface area contributed by atoms with Crippen LogP contribution < -0.4 is 11.5 Å². The molecule has 0 aliphatic heterocycles. The topological polar surface area (TPSA) is 201 Å². The quantitative estimate of drug-likeness (QED) is 0.355. The molecule has 0 amide bonds. The van der Waals surface area contributed by atoms with E-state index in [4.69, 9.17) is 11.5 Å². The fraction of sp³-hybridized carbons (Fsp3) is 0.750. The fourth-order valence-corrected chi connectivity index (χ4v) is 2.26. The Morgan fingerprint density at radius 2 is 1.05 bits per heavy atom. The number of hydrogen-bond acceptors (Lipinski definition) is 10. The molecule has 21 heavy (non-hydrogen) atoms. The van der Waals surface area contributed by atoms with E-state index in [0.29, 0.717) is 0 Å². The van der Waals surface area contributed by atoms with Crippen LogP contribution in [-0.2, 0) is 29.8 Å². The summed E-state index contributed by atoms with van der Waals surface area (Å²) in [6.45, 7) is 1.16. The first-order valence-corrected chi connectivity index (χ1v) is 8.03. The monoisotopic (exact) mass is 356 g/mol. The Morgan fingerprint density at radius 1 is 0.857 bits per heavy atom. The average molecular weight is 357 g/mol. The summed E-state index contributed by atoms with van der Waals surface area (Å²) in [6.07, 6.45) is 0. The average Bonchev–Trinajstić information content (AvgIpc) is 2.13. The molecule has 0 aliphatic rings. The number of hydrogen-bond donors (Lipinski definition) is 2. The van der Waals surface area contributed by atoms with Gasteiger partial charge in [-0.1, -0.05) is 0 Å². The van der Waals surface area contributed by atoms with Gasteiger partial charge in [-0.3, -0.25) is 9.59 Å². The Hall–Kier alpha value is -0.154. The van der Waals surface area contributed by atoms with Crippen molar-refractivity contribution >= 4 is 54.9 Å². The maximum Gasteiger partial charge on any atom is 2.00 e. The summed E-state index contributed by atoms with van der Waals surface area (Å²) >= 11 is 0. The molecule has 0 radical (unpaired) electrons. The van der Waals surface area contributed by atoms with Crippen molar-refractivity contribution in [2.24, 2.45) is 11.5 Å². The summed E-state index contributed by atoms with van der Waals surface area (Å²) in [5, 5.41) is -3.15. The van der Waals surface area contributed by atoms with E-state index >= 15 is 0 Å². The first-order valence-electron chi connectivity index (χ1n) is 5.09. The van der Waals surface area contributed by atoms with Crippen LogP contribution in [-0.4, -0.2) is 84.1 Å². The standard InChI is InChI=1S/2C4H9NO4S.Mg/c2*1-3(6)4(2-5)10(7,8)9;/h2*4H,2,5H2,1H3,(H,7,8,9);/q;;+2/p-2. The minimum absolute atomic E-state index is 0. The molecule has 0 saturated heterocycles. The van der Waals surface area contributed by atoms with Gasteiger partial charge in [0.25, 0.3) is 0 Å². The Bertz CT molecular complexity index is 495. The molecule has 13 heteroatoms. The number of Topliss-reactive ketones (excluding diaryl/α,β-unsaturated/α-hetero) is 2. The van der Waals surface area contributed by atoms with Crippen molar-refractivity contribution in [1.82, 2.24) is 0 Å². The van der Waals surface area contributed by atoms with Gasteiger partial charge in [0, 0.05) is 13.1 Å². The second-order valence-electron chi connectivity index (χ2n) is 3.66. The van der Waals surface area contributed by atoms with Crippen molar-refractivity contribution in [2.45, 2.75) is 24.3 Å². The Labute approximate surface area is 139 Å². The molecular formula is C8H16MgN2O8S2. The predicted molar refractivity (Wildman–Crippen MR) is 72.2 cm³/mol. The van der Waals surface area contributed by atoms with Gasteiger partial charge in [-0.05, 0) is 13.8 Å². The van der Waals surface area contributed by atoms with Crippen LogP contribution in [0, 0.1) is 0 Å². The molecule has 0 bridgehead atoms. The van der Waals surface area contributed by atoms with Gasteiger partial charge in [-0.15, -0.1) is 0 Å². The van der Waals surface area contributed by atoms with Gasteiger partial charge in [0.1, 0.15) is 42.3 Å². The van der Waals surface area contributed by atoms with Crippen molar-refractivity contribution in [3.8, 4) is 0 Å². The summed E-state index contributed by atoms with van der Waals surface area (Å²) in [5.74, 6) is -1.42. The first kappa shape index (κ1) is 25.8. The zero-order chi connectivity index (χ0) is 16.7. The molecule has 0 heterocycles. The predicted octanol–water partition coefficient (Wildman–Crippen LogP) is -3.48. The van der Waals surface area contributed by atoms with Gasteiger partial charge in [0.2, 0.25) is 0 Å². The zero-order valence-electron chi connectivity index (χ0n) is 11.5. The summed E-state index contributed by atoms with van der Waals surface area (Å²) in [4.78, 5) is 20.7. The number of nitrogens with two attached hydrogens (primary N) is 2. The summed E-state index contributed by atoms with van der Waals surface area (Å²) < 4.78 is 60.9. The van der Waals surface area contributed by atoms with Crippen LogP contribution in [0.5, 0.6) is 0 Å². The molecule has 0 rings (SSSR count). The smallest absolute Gasteiger partial charge is 0.747 e. The van der Waals surface area contributed by atoms with Gasteiger partial charge in [0.15, 0.2) is 0 Å². The second-order valence-corrected chi connectivity index (χ2v) is 6.76. The van der Waals surface area contributed by atoms with Gasteiger partial charge in [0.05, 0.1) is 0 Å². The molecule has 4 N–H and O–H groups in total. The third-order valence-electron chi connectivity index (χ3n) is 2.03. The largest absolute Gasteiger partial charge is 2.00 e. The van der Waals surface area contributed by atoms with Crippen LogP contribution in [0.4, 0.5) is 0 Å². The van der Waals surface area contributed by atoms with Crippen LogP contribution >= 0.6 is 0 Å². The molecule has 0 spiro atoms. The van der Waals surface area contributed by atoms with E-state index in [-0.39, 0.29) is 23.1 Å². The normalized spacial score (nSPS) is 14.0.